The average molecular weight is 347 g/mol. The van der Waals surface area contributed by atoms with Crippen molar-refractivity contribution in [2.24, 2.45) is 0 Å². The summed E-state index contributed by atoms with van der Waals surface area (Å²) < 4.78 is 1.03. The van der Waals surface area contributed by atoms with Crippen LogP contribution in [0.15, 0.2) is 28.7 Å². The van der Waals surface area contributed by atoms with E-state index in [4.69, 9.17) is 11.6 Å². The van der Waals surface area contributed by atoms with Crippen LogP contribution in [0.1, 0.15) is 32.3 Å². The third-order valence-corrected chi connectivity index (χ3v) is 4.00. The van der Waals surface area contributed by atoms with Crippen molar-refractivity contribution in [3.05, 3.63) is 34.3 Å². The van der Waals surface area contributed by atoms with Crippen LogP contribution in [0.5, 0.6) is 0 Å². The summed E-state index contributed by atoms with van der Waals surface area (Å²) in [4.78, 5) is 14.3. The summed E-state index contributed by atoms with van der Waals surface area (Å²) in [5, 5.41) is 0. The topological polar surface area (TPSA) is 20.3 Å². The van der Waals surface area contributed by atoms with Gasteiger partial charge >= 0.3 is 0 Å². The molecular weight excluding hydrogens is 326 g/mol. The monoisotopic (exact) mass is 345 g/mol. The summed E-state index contributed by atoms with van der Waals surface area (Å²) in [7, 11) is 0. The van der Waals surface area contributed by atoms with E-state index < -0.39 is 0 Å². The van der Waals surface area contributed by atoms with Crippen molar-refractivity contribution in [2.75, 3.05) is 12.4 Å². The lowest BCUT2D eigenvalue weighted by Gasteiger charge is -2.30. The van der Waals surface area contributed by atoms with E-state index in [1.54, 1.807) is 0 Å². The van der Waals surface area contributed by atoms with Crippen LogP contribution in [0.3, 0.4) is 0 Å². The Morgan fingerprint density at radius 1 is 1.26 bits per heavy atom. The molecule has 0 heterocycles. The van der Waals surface area contributed by atoms with Gasteiger partial charge in [0.15, 0.2) is 0 Å². The van der Waals surface area contributed by atoms with Crippen LogP contribution >= 0.6 is 27.5 Å². The molecule has 1 aromatic carbocycles. The zero-order valence-electron chi connectivity index (χ0n) is 11.5. The van der Waals surface area contributed by atoms with Crippen molar-refractivity contribution in [3.63, 3.8) is 0 Å². The number of hydrogen-bond donors (Lipinski definition) is 0. The van der Waals surface area contributed by atoms with E-state index in [-0.39, 0.29) is 5.91 Å². The predicted octanol–water partition coefficient (Wildman–Crippen LogP) is 4.25. The van der Waals surface area contributed by atoms with E-state index in [0.717, 1.165) is 22.9 Å². The number of alkyl halides is 1. The highest BCUT2D eigenvalue weighted by Gasteiger charge is 2.20. The highest BCUT2D eigenvalue weighted by atomic mass is 79.9. The van der Waals surface area contributed by atoms with Gasteiger partial charge in [-0.2, -0.15) is 0 Å². The van der Waals surface area contributed by atoms with Crippen molar-refractivity contribution in [1.29, 1.82) is 0 Å². The Kier molecular flexibility index (Phi) is 7.47. The molecular formula is C15H21BrClNO. The maximum absolute atomic E-state index is 12.4. The van der Waals surface area contributed by atoms with Gasteiger partial charge in [-0.1, -0.05) is 41.9 Å². The second kappa shape index (κ2) is 8.60. The lowest BCUT2D eigenvalue weighted by Crippen LogP contribution is -2.41. The summed E-state index contributed by atoms with van der Waals surface area (Å²) in [6.45, 7) is 4.86. The first kappa shape index (κ1) is 16.5. The Bertz CT molecular complexity index is 390. The number of benzene rings is 1. The van der Waals surface area contributed by atoms with Crippen molar-refractivity contribution in [3.8, 4) is 0 Å². The van der Waals surface area contributed by atoms with Gasteiger partial charge in [0.1, 0.15) is 0 Å². The SMILES string of the molecule is CCC(CC)N(CCCl)C(=O)Cc1ccc(Br)cc1. The summed E-state index contributed by atoms with van der Waals surface area (Å²) in [5.41, 5.74) is 1.04. The molecule has 0 aliphatic carbocycles. The predicted molar refractivity (Wildman–Crippen MR) is 84.6 cm³/mol. The largest absolute Gasteiger partial charge is 0.338 e. The first-order chi connectivity index (χ1) is 9.12. The van der Waals surface area contributed by atoms with Gasteiger partial charge in [-0.3, -0.25) is 4.79 Å². The highest BCUT2D eigenvalue weighted by Crippen LogP contribution is 2.14. The normalized spacial score (nSPS) is 10.8. The molecule has 0 unspecified atom stereocenters. The third-order valence-electron chi connectivity index (χ3n) is 3.30. The molecule has 0 atom stereocenters. The molecule has 0 bridgehead atoms. The van der Waals surface area contributed by atoms with E-state index in [9.17, 15) is 4.79 Å². The first-order valence-corrected chi connectivity index (χ1v) is 8.05. The lowest BCUT2D eigenvalue weighted by molar-refractivity contribution is -0.132. The van der Waals surface area contributed by atoms with Crippen LogP contribution in [-0.4, -0.2) is 29.3 Å². The quantitative estimate of drug-likeness (QED) is 0.676. The summed E-state index contributed by atoms with van der Waals surface area (Å²) in [6, 6.07) is 8.18. The summed E-state index contributed by atoms with van der Waals surface area (Å²) in [6.07, 6.45) is 2.39. The number of nitrogens with zero attached hydrogens (tertiary/aromatic N) is 1. The first-order valence-electron chi connectivity index (χ1n) is 6.72. The van der Waals surface area contributed by atoms with E-state index in [2.05, 4.69) is 29.8 Å². The molecule has 0 aliphatic heterocycles. The fraction of sp³-hybridized carbons (Fsp3) is 0.533. The fourth-order valence-corrected chi connectivity index (χ4v) is 2.66. The van der Waals surface area contributed by atoms with Gasteiger partial charge in [-0.25, -0.2) is 0 Å². The standard InChI is InChI=1S/C15H21BrClNO/c1-3-14(4-2)18(10-9-17)15(19)11-12-5-7-13(16)8-6-12/h5-8,14H,3-4,9-11H2,1-2H3. The van der Waals surface area contributed by atoms with Gasteiger partial charge in [-0.15, -0.1) is 11.6 Å². The minimum Gasteiger partial charge on any atom is -0.338 e. The van der Waals surface area contributed by atoms with Gasteiger partial charge in [0.2, 0.25) is 5.91 Å². The number of carbonyl (C=O) groups excluding carboxylic acids is 1. The second-order valence-corrected chi connectivity index (χ2v) is 5.84. The number of halogens is 2. The van der Waals surface area contributed by atoms with E-state index in [0.29, 0.717) is 24.9 Å². The number of carbonyl (C=O) groups is 1. The van der Waals surface area contributed by atoms with Crippen LogP contribution in [0, 0.1) is 0 Å². The van der Waals surface area contributed by atoms with Gasteiger partial charge in [-0.05, 0) is 30.5 Å². The third kappa shape index (κ3) is 5.15. The minimum absolute atomic E-state index is 0.164. The molecule has 0 fully saturated rings. The molecule has 0 radical (unpaired) electrons. The Balaban J connectivity index is 2.73. The molecule has 0 spiro atoms. The molecule has 106 valence electrons. The number of hydrogen-bond acceptors (Lipinski definition) is 1. The van der Waals surface area contributed by atoms with E-state index in [1.165, 1.54) is 0 Å². The molecule has 1 rings (SSSR count). The Morgan fingerprint density at radius 2 is 1.84 bits per heavy atom. The van der Waals surface area contributed by atoms with Gasteiger partial charge < -0.3 is 4.90 Å². The zero-order chi connectivity index (χ0) is 14.3. The maximum atomic E-state index is 12.4. The molecule has 0 N–H and O–H groups in total. The van der Waals surface area contributed by atoms with Crippen LogP contribution in [-0.2, 0) is 11.2 Å². The average Bonchev–Trinajstić information content (AvgIpc) is 2.41. The van der Waals surface area contributed by atoms with Crippen LogP contribution < -0.4 is 0 Å². The smallest absolute Gasteiger partial charge is 0.227 e. The van der Waals surface area contributed by atoms with Gasteiger partial charge in [0.05, 0.1) is 6.42 Å². The molecule has 0 aliphatic rings. The van der Waals surface area contributed by atoms with E-state index >= 15 is 0 Å². The minimum atomic E-state index is 0.164. The van der Waals surface area contributed by atoms with Crippen molar-refractivity contribution < 1.29 is 4.79 Å². The second-order valence-electron chi connectivity index (χ2n) is 4.55. The molecule has 1 amide bonds. The Labute approximate surface area is 129 Å². The Hall–Kier alpha value is -0.540. The molecule has 0 saturated heterocycles. The lowest BCUT2D eigenvalue weighted by atomic mass is 10.1. The van der Waals surface area contributed by atoms with Crippen molar-refractivity contribution >= 4 is 33.4 Å². The number of rotatable bonds is 7. The van der Waals surface area contributed by atoms with Crippen molar-refractivity contribution in [2.45, 2.75) is 39.2 Å². The van der Waals surface area contributed by atoms with E-state index in [1.807, 2.05) is 29.2 Å². The fourth-order valence-electron chi connectivity index (χ4n) is 2.21. The number of amides is 1. The van der Waals surface area contributed by atoms with Gasteiger partial charge in [0.25, 0.3) is 0 Å². The zero-order valence-corrected chi connectivity index (χ0v) is 13.9. The molecule has 2 nitrogen and oxygen atoms in total. The molecule has 0 saturated carbocycles. The van der Waals surface area contributed by atoms with Crippen LogP contribution in [0.2, 0.25) is 0 Å². The summed E-state index contributed by atoms with van der Waals surface area (Å²) >= 11 is 9.22. The molecule has 4 heteroatoms. The van der Waals surface area contributed by atoms with Gasteiger partial charge in [0, 0.05) is 22.9 Å². The Morgan fingerprint density at radius 3 is 2.32 bits per heavy atom. The molecule has 19 heavy (non-hydrogen) atoms. The van der Waals surface area contributed by atoms with Crippen molar-refractivity contribution in [1.82, 2.24) is 4.90 Å². The maximum Gasteiger partial charge on any atom is 0.227 e. The molecule has 1 aromatic rings. The van der Waals surface area contributed by atoms with Crippen LogP contribution in [0.25, 0.3) is 0 Å². The summed E-state index contributed by atoms with van der Waals surface area (Å²) in [5.74, 6) is 0.652. The van der Waals surface area contributed by atoms with Crippen LogP contribution in [0.4, 0.5) is 0 Å². The molecule has 0 aromatic heterocycles. The highest BCUT2D eigenvalue weighted by molar-refractivity contribution is 9.10.